The summed E-state index contributed by atoms with van der Waals surface area (Å²) in [5.41, 5.74) is -1.40. The van der Waals surface area contributed by atoms with Crippen LogP contribution in [0.5, 0.6) is 0 Å². The Kier molecular flexibility index (Phi) is 8.06. The average Bonchev–Trinajstić information content (AvgIpc) is 2.92. The number of halogens is 4. The van der Waals surface area contributed by atoms with Crippen LogP contribution in [0.4, 0.5) is 17.6 Å². The molecule has 2 aromatic carbocycles. The Morgan fingerprint density at radius 3 is 1.70 bits per heavy atom. The summed E-state index contributed by atoms with van der Waals surface area (Å²) in [6.07, 6.45) is 5.18. The first-order chi connectivity index (χ1) is 17.9. The maximum atomic E-state index is 14.2. The molecule has 1 heterocycles. The van der Waals surface area contributed by atoms with Crippen molar-refractivity contribution in [3.8, 4) is 0 Å². The van der Waals surface area contributed by atoms with Crippen molar-refractivity contribution in [2.75, 3.05) is 6.61 Å². The number of hydrogen-bond donors (Lipinski definition) is 0. The van der Waals surface area contributed by atoms with E-state index in [1.54, 1.807) is 0 Å². The van der Waals surface area contributed by atoms with Gasteiger partial charge in [-0.3, -0.25) is 0 Å². The van der Waals surface area contributed by atoms with E-state index in [4.69, 9.17) is 4.74 Å². The topological polar surface area (TPSA) is 9.23 Å². The standard InChI is InChI=1S/C31H36F4OSi/c32-26-19-27(33)21-31(20-26,36-22-30(34)35)25-13-11-23(12-14-25)24-15-17-37(18-16-24,28-7-3-1-4-8-28)29-9-5-2-6-10-29/h1-10,20-21,23-25,30H,11-19,22H2/t23-,25-. The van der Waals surface area contributed by atoms with Gasteiger partial charge in [-0.15, -0.1) is 0 Å². The molecule has 1 saturated heterocycles. The number of rotatable bonds is 7. The molecule has 5 rings (SSSR count). The maximum absolute atomic E-state index is 14.2. The molecule has 1 nitrogen and oxygen atoms in total. The van der Waals surface area contributed by atoms with Gasteiger partial charge in [0.2, 0.25) is 0 Å². The van der Waals surface area contributed by atoms with Gasteiger partial charge in [0, 0.05) is 0 Å². The first-order valence-corrected chi connectivity index (χ1v) is 16.1. The summed E-state index contributed by atoms with van der Waals surface area (Å²) in [5.74, 6) is -0.255. The highest BCUT2D eigenvalue weighted by atomic mass is 28.3. The third kappa shape index (κ3) is 5.65. The highest BCUT2D eigenvalue weighted by molar-refractivity contribution is 7.02. The first-order valence-electron chi connectivity index (χ1n) is 13.7. The van der Waals surface area contributed by atoms with Crippen molar-refractivity contribution < 1.29 is 22.3 Å². The number of allylic oxidation sites excluding steroid dienone is 2. The third-order valence-corrected chi connectivity index (χ3v) is 14.3. The number of alkyl halides is 2. The summed E-state index contributed by atoms with van der Waals surface area (Å²) in [6, 6.07) is 24.5. The second-order valence-corrected chi connectivity index (χ2v) is 15.5. The summed E-state index contributed by atoms with van der Waals surface area (Å²) in [7, 11) is -1.82. The summed E-state index contributed by atoms with van der Waals surface area (Å²) in [4.78, 5) is 0. The van der Waals surface area contributed by atoms with Gasteiger partial charge in [-0.1, -0.05) is 83.9 Å². The Bertz CT molecular complexity index is 1030. The third-order valence-electron chi connectivity index (χ3n) is 9.17. The van der Waals surface area contributed by atoms with Crippen LogP contribution < -0.4 is 10.4 Å². The van der Waals surface area contributed by atoms with Crippen molar-refractivity contribution in [3.05, 3.63) is 84.5 Å². The molecule has 37 heavy (non-hydrogen) atoms. The maximum Gasteiger partial charge on any atom is 0.261 e. The molecule has 0 radical (unpaired) electrons. The Labute approximate surface area is 218 Å². The van der Waals surface area contributed by atoms with Crippen LogP contribution in [0.2, 0.25) is 12.1 Å². The van der Waals surface area contributed by atoms with E-state index < -0.39 is 44.8 Å². The summed E-state index contributed by atoms with van der Waals surface area (Å²) >= 11 is 0. The molecular formula is C31H36F4OSi. The highest BCUT2D eigenvalue weighted by Gasteiger charge is 2.45. The van der Waals surface area contributed by atoms with Crippen LogP contribution in [0.1, 0.15) is 44.9 Å². The van der Waals surface area contributed by atoms with Gasteiger partial charge < -0.3 is 4.74 Å². The molecule has 2 fully saturated rings. The van der Waals surface area contributed by atoms with Crippen molar-refractivity contribution in [3.63, 3.8) is 0 Å². The van der Waals surface area contributed by atoms with E-state index >= 15 is 0 Å². The SMILES string of the molecule is FC1=CC(OCC(F)F)([C@H]2CC[C@H](C3CC[Si](c4ccccc4)(c4ccccc4)CC3)CC2)C=C(F)C1. The van der Waals surface area contributed by atoms with Gasteiger partial charge in [-0.2, -0.15) is 0 Å². The second-order valence-electron chi connectivity index (χ2n) is 11.2. The minimum absolute atomic E-state index is 0.190. The predicted molar refractivity (Wildman–Crippen MR) is 143 cm³/mol. The van der Waals surface area contributed by atoms with E-state index in [1.165, 1.54) is 47.5 Å². The predicted octanol–water partition coefficient (Wildman–Crippen LogP) is 7.60. The lowest BCUT2D eigenvalue weighted by atomic mass is 9.68. The molecule has 2 aliphatic carbocycles. The molecule has 6 heteroatoms. The van der Waals surface area contributed by atoms with Gasteiger partial charge >= 0.3 is 0 Å². The Balaban J connectivity index is 1.27. The van der Waals surface area contributed by atoms with Crippen molar-refractivity contribution >= 4 is 18.4 Å². The fourth-order valence-electron chi connectivity index (χ4n) is 7.34. The van der Waals surface area contributed by atoms with E-state index in [0.717, 1.165) is 25.7 Å². The average molecular weight is 529 g/mol. The zero-order valence-corrected chi connectivity index (χ0v) is 22.2. The lowest BCUT2D eigenvalue weighted by molar-refractivity contribution is -0.0793. The van der Waals surface area contributed by atoms with Gasteiger partial charge in [0.15, 0.2) is 0 Å². The van der Waals surface area contributed by atoms with Gasteiger partial charge in [0.05, 0.1) is 6.42 Å². The van der Waals surface area contributed by atoms with Crippen LogP contribution in [0, 0.1) is 17.8 Å². The number of benzene rings is 2. The Morgan fingerprint density at radius 2 is 1.22 bits per heavy atom. The first kappa shape index (κ1) is 26.4. The smallest absolute Gasteiger partial charge is 0.261 e. The lowest BCUT2D eigenvalue weighted by Gasteiger charge is -2.45. The van der Waals surface area contributed by atoms with E-state index in [-0.39, 0.29) is 5.92 Å². The largest absolute Gasteiger partial charge is 0.360 e. The van der Waals surface area contributed by atoms with Gasteiger partial charge in [0.25, 0.3) is 6.43 Å². The molecule has 1 aliphatic heterocycles. The summed E-state index contributed by atoms with van der Waals surface area (Å²) < 4.78 is 60.0. The highest BCUT2D eigenvalue weighted by Crippen LogP contribution is 2.47. The van der Waals surface area contributed by atoms with Crippen molar-refractivity contribution in [2.24, 2.45) is 17.8 Å². The molecule has 0 aromatic heterocycles. The van der Waals surface area contributed by atoms with Gasteiger partial charge in [0.1, 0.15) is 31.9 Å². The van der Waals surface area contributed by atoms with Crippen molar-refractivity contribution in [1.29, 1.82) is 0 Å². The van der Waals surface area contributed by atoms with Crippen LogP contribution in [0.25, 0.3) is 0 Å². The van der Waals surface area contributed by atoms with Gasteiger partial charge in [-0.05, 0) is 67.7 Å². The minimum Gasteiger partial charge on any atom is -0.360 e. The second kappa shape index (κ2) is 11.3. The van der Waals surface area contributed by atoms with Crippen LogP contribution in [-0.2, 0) is 4.74 Å². The van der Waals surface area contributed by atoms with E-state index in [2.05, 4.69) is 60.7 Å². The molecule has 0 spiro atoms. The summed E-state index contributed by atoms with van der Waals surface area (Å²) in [5, 5.41) is 3.03. The zero-order valence-electron chi connectivity index (χ0n) is 21.2. The molecule has 0 unspecified atom stereocenters. The molecule has 3 aliphatic rings. The fraction of sp³-hybridized carbons (Fsp3) is 0.484. The van der Waals surface area contributed by atoms with E-state index in [1.807, 2.05) is 0 Å². The Morgan fingerprint density at radius 1 is 0.730 bits per heavy atom. The zero-order chi connectivity index (χ0) is 25.9. The van der Waals surface area contributed by atoms with Crippen LogP contribution >= 0.6 is 0 Å². The molecule has 198 valence electrons. The lowest BCUT2D eigenvalue weighted by Crippen LogP contribution is -2.60. The fourth-order valence-corrected chi connectivity index (χ4v) is 12.5. The van der Waals surface area contributed by atoms with Crippen LogP contribution in [-0.4, -0.2) is 26.7 Å². The molecule has 0 amide bonds. The molecule has 0 atom stereocenters. The number of hydrogen-bond acceptors (Lipinski definition) is 1. The monoisotopic (exact) mass is 528 g/mol. The molecule has 1 saturated carbocycles. The number of ether oxygens (including phenoxy) is 1. The van der Waals surface area contributed by atoms with E-state index in [0.29, 0.717) is 11.8 Å². The van der Waals surface area contributed by atoms with Gasteiger partial charge in [-0.25, -0.2) is 17.6 Å². The van der Waals surface area contributed by atoms with Crippen molar-refractivity contribution in [1.82, 2.24) is 0 Å². The Hall–Kier alpha value is -2.18. The quantitative estimate of drug-likeness (QED) is 0.266. The van der Waals surface area contributed by atoms with Crippen molar-refractivity contribution in [2.45, 2.75) is 69.1 Å². The molecular weight excluding hydrogens is 492 g/mol. The normalized spacial score (nSPS) is 26.0. The molecule has 0 bridgehead atoms. The summed E-state index contributed by atoms with van der Waals surface area (Å²) in [6.45, 7) is -0.818. The van der Waals surface area contributed by atoms with E-state index in [9.17, 15) is 17.6 Å². The van der Waals surface area contributed by atoms with Crippen LogP contribution in [0.3, 0.4) is 0 Å². The van der Waals surface area contributed by atoms with Crippen LogP contribution in [0.15, 0.2) is 84.5 Å². The molecule has 2 aromatic rings. The molecule has 0 N–H and O–H groups in total. The minimum atomic E-state index is -2.68.